The van der Waals surface area contributed by atoms with E-state index in [1.807, 2.05) is 0 Å². The second kappa shape index (κ2) is 5.31. The van der Waals surface area contributed by atoms with Gasteiger partial charge in [0, 0.05) is 16.2 Å². The van der Waals surface area contributed by atoms with Gasteiger partial charge in [0.15, 0.2) is 0 Å². The summed E-state index contributed by atoms with van der Waals surface area (Å²) in [6, 6.07) is 6.90. The van der Waals surface area contributed by atoms with Gasteiger partial charge in [-0.3, -0.25) is 4.79 Å². The lowest BCUT2D eigenvalue weighted by atomic mass is 10.3. The fourth-order valence-corrected chi connectivity index (χ4v) is 1.13. The summed E-state index contributed by atoms with van der Waals surface area (Å²) >= 11 is 3.25. The second-order valence-electron chi connectivity index (χ2n) is 2.65. The number of carboxylic acids is 1. The predicted octanol–water partition coefficient (Wildman–Crippen LogP) is 0.694. The highest BCUT2D eigenvalue weighted by Crippen LogP contribution is 2.13. The van der Waals surface area contributed by atoms with Gasteiger partial charge in [-0.05, 0) is 30.3 Å². The zero-order chi connectivity index (χ0) is 11.3. The van der Waals surface area contributed by atoms with Crippen LogP contribution in [0.5, 0.6) is 0 Å². The van der Waals surface area contributed by atoms with Crippen LogP contribution in [0.3, 0.4) is 0 Å². The van der Waals surface area contributed by atoms with Crippen LogP contribution in [-0.2, 0) is 9.59 Å². The first-order valence-electron chi connectivity index (χ1n) is 4.03. The highest BCUT2D eigenvalue weighted by molar-refractivity contribution is 9.10. The Labute approximate surface area is 94.7 Å². The highest BCUT2D eigenvalue weighted by Gasteiger charge is 1.96. The van der Waals surface area contributed by atoms with Crippen molar-refractivity contribution in [1.82, 2.24) is 0 Å². The van der Waals surface area contributed by atoms with E-state index in [4.69, 9.17) is 0 Å². The van der Waals surface area contributed by atoms with Crippen molar-refractivity contribution in [3.8, 4) is 0 Å². The van der Waals surface area contributed by atoms with Gasteiger partial charge >= 0.3 is 0 Å². The molecule has 5 heteroatoms. The van der Waals surface area contributed by atoms with Gasteiger partial charge in [-0.25, -0.2) is 0 Å². The van der Waals surface area contributed by atoms with Crippen LogP contribution in [0, 0.1) is 0 Å². The largest absolute Gasteiger partial charge is 0.545 e. The zero-order valence-corrected chi connectivity index (χ0v) is 9.15. The first-order chi connectivity index (χ1) is 7.08. The first kappa shape index (κ1) is 11.5. The summed E-state index contributed by atoms with van der Waals surface area (Å²) in [4.78, 5) is 21.1. The maximum absolute atomic E-state index is 11.1. The summed E-state index contributed by atoms with van der Waals surface area (Å²) in [5, 5.41) is 12.5. The minimum Gasteiger partial charge on any atom is -0.545 e. The molecule has 0 unspecified atom stereocenters. The van der Waals surface area contributed by atoms with E-state index in [9.17, 15) is 14.7 Å². The van der Waals surface area contributed by atoms with Gasteiger partial charge in [0.2, 0.25) is 5.91 Å². The topological polar surface area (TPSA) is 69.2 Å². The van der Waals surface area contributed by atoms with E-state index in [0.717, 1.165) is 10.5 Å². The molecule has 0 saturated heterocycles. The lowest BCUT2D eigenvalue weighted by Crippen LogP contribution is -2.20. The molecule has 1 amide bonds. The molecular weight excluding hydrogens is 262 g/mol. The highest BCUT2D eigenvalue weighted by atomic mass is 79.9. The molecule has 0 aliphatic carbocycles. The van der Waals surface area contributed by atoms with E-state index >= 15 is 0 Å². The quantitative estimate of drug-likeness (QED) is 0.821. The Morgan fingerprint density at radius 3 is 2.33 bits per heavy atom. The summed E-state index contributed by atoms with van der Waals surface area (Å²) in [5.41, 5.74) is 0.589. The predicted molar refractivity (Wildman–Crippen MR) is 56.9 cm³/mol. The van der Waals surface area contributed by atoms with Gasteiger partial charge in [0.1, 0.15) is 0 Å². The van der Waals surface area contributed by atoms with E-state index in [0.29, 0.717) is 11.8 Å². The van der Waals surface area contributed by atoms with Crippen molar-refractivity contribution in [2.24, 2.45) is 0 Å². The van der Waals surface area contributed by atoms with Crippen molar-refractivity contribution >= 4 is 33.5 Å². The number of benzene rings is 1. The molecule has 0 aliphatic rings. The Balaban J connectivity index is 2.59. The Morgan fingerprint density at radius 2 is 1.80 bits per heavy atom. The molecule has 0 bridgehead atoms. The Morgan fingerprint density at radius 1 is 1.20 bits per heavy atom. The van der Waals surface area contributed by atoms with Gasteiger partial charge in [-0.2, -0.15) is 0 Å². The number of carbonyl (C=O) groups is 2. The molecule has 78 valence electrons. The van der Waals surface area contributed by atoms with Gasteiger partial charge in [0.05, 0.1) is 5.97 Å². The van der Waals surface area contributed by atoms with E-state index in [-0.39, 0.29) is 0 Å². The molecule has 1 N–H and O–H groups in total. The number of hydrogen-bond acceptors (Lipinski definition) is 3. The van der Waals surface area contributed by atoms with Crippen molar-refractivity contribution in [3.05, 3.63) is 40.9 Å². The van der Waals surface area contributed by atoms with E-state index < -0.39 is 11.9 Å². The van der Waals surface area contributed by atoms with Crippen LogP contribution in [0.2, 0.25) is 0 Å². The lowest BCUT2D eigenvalue weighted by molar-refractivity contribution is -0.297. The van der Waals surface area contributed by atoms with Crippen LogP contribution in [-0.4, -0.2) is 11.9 Å². The maximum Gasteiger partial charge on any atom is 0.248 e. The number of anilines is 1. The number of nitrogens with one attached hydrogen (secondary N) is 1. The van der Waals surface area contributed by atoms with Crippen LogP contribution in [0.4, 0.5) is 5.69 Å². The summed E-state index contributed by atoms with van der Waals surface area (Å²) in [6.45, 7) is 0. The molecule has 1 rings (SSSR count). The summed E-state index contributed by atoms with van der Waals surface area (Å²) in [5.74, 6) is -1.91. The third kappa shape index (κ3) is 4.42. The smallest absolute Gasteiger partial charge is 0.248 e. The van der Waals surface area contributed by atoms with Gasteiger partial charge < -0.3 is 15.2 Å². The monoisotopic (exact) mass is 268 g/mol. The number of carbonyl (C=O) groups excluding carboxylic acids is 2. The molecule has 0 fully saturated rings. The number of carboxylic acid groups (broad SMARTS) is 1. The van der Waals surface area contributed by atoms with Crippen molar-refractivity contribution in [2.45, 2.75) is 0 Å². The van der Waals surface area contributed by atoms with Gasteiger partial charge in [-0.15, -0.1) is 0 Å². The summed E-state index contributed by atoms with van der Waals surface area (Å²) in [7, 11) is 0. The molecule has 0 saturated carbocycles. The molecular formula is C10H7BrNO3-. The van der Waals surface area contributed by atoms with Crippen LogP contribution in [0.15, 0.2) is 40.9 Å². The molecule has 0 atom stereocenters. The minimum atomic E-state index is -1.40. The molecule has 0 aromatic heterocycles. The summed E-state index contributed by atoms with van der Waals surface area (Å²) in [6.07, 6.45) is 1.57. The number of rotatable bonds is 3. The normalized spacial score (nSPS) is 10.2. The van der Waals surface area contributed by atoms with Crippen LogP contribution in [0.1, 0.15) is 0 Å². The fraction of sp³-hybridized carbons (Fsp3) is 0. The first-order valence-corrected chi connectivity index (χ1v) is 4.83. The lowest BCUT2D eigenvalue weighted by Gasteiger charge is -2.01. The van der Waals surface area contributed by atoms with Crippen molar-refractivity contribution in [3.63, 3.8) is 0 Å². The molecule has 0 spiro atoms. The molecule has 0 heterocycles. The van der Waals surface area contributed by atoms with Gasteiger partial charge in [0.25, 0.3) is 0 Å². The number of amides is 1. The average Bonchev–Trinajstić information content (AvgIpc) is 2.19. The Bertz CT molecular complexity index is 398. The second-order valence-corrected chi connectivity index (χ2v) is 3.56. The van der Waals surface area contributed by atoms with Crippen LogP contribution < -0.4 is 10.4 Å². The third-order valence-corrected chi connectivity index (χ3v) is 2.01. The van der Waals surface area contributed by atoms with Crippen LogP contribution >= 0.6 is 15.9 Å². The van der Waals surface area contributed by atoms with Crippen LogP contribution in [0.25, 0.3) is 0 Å². The fourth-order valence-electron chi connectivity index (χ4n) is 0.861. The number of hydrogen-bond donors (Lipinski definition) is 1. The standard InChI is InChI=1S/C10H8BrNO3/c11-7-1-3-8(4-2-7)12-9(13)5-6-10(14)15/h1-6H,(H,12,13)(H,14,15)/p-1/b6-5+. The Hall–Kier alpha value is -1.62. The molecule has 4 nitrogen and oxygen atoms in total. The average molecular weight is 269 g/mol. The van der Waals surface area contributed by atoms with Crippen molar-refractivity contribution < 1.29 is 14.7 Å². The Kier molecular flexibility index (Phi) is 4.05. The number of halogens is 1. The van der Waals surface area contributed by atoms with Crippen molar-refractivity contribution in [1.29, 1.82) is 0 Å². The SMILES string of the molecule is O=C([O-])/C=C/C(=O)Nc1ccc(Br)cc1. The molecule has 1 aromatic rings. The van der Waals surface area contributed by atoms with E-state index in [1.165, 1.54) is 0 Å². The maximum atomic E-state index is 11.1. The third-order valence-electron chi connectivity index (χ3n) is 1.48. The molecule has 15 heavy (non-hydrogen) atoms. The molecule has 0 aliphatic heterocycles. The molecule has 1 aromatic carbocycles. The van der Waals surface area contributed by atoms with Crippen molar-refractivity contribution in [2.75, 3.05) is 5.32 Å². The van der Waals surface area contributed by atoms with Gasteiger partial charge in [-0.1, -0.05) is 15.9 Å². The van der Waals surface area contributed by atoms with E-state index in [1.54, 1.807) is 24.3 Å². The summed E-state index contributed by atoms with van der Waals surface area (Å²) < 4.78 is 0.894. The van der Waals surface area contributed by atoms with E-state index in [2.05, 4.69) is 21.2 Å². The molecule has 0 radical (unpaired) electrons. The zero-order valence-electron chi connectivity index (χ0n) is 7.57. The number of aliphatic carboxylic acids is 1. The minimum absolute atomic E-state index is 0.512.